The second-order valence-electron chi connectivity index (χ2n) is 5.11. The van der Waals surface area contributed by atoms with Gasteiger partial charge in [-0.3, -0.25) is 0 Å². The van der Waals surface area contributed by atoms with Gasteiger partial charge in [0.05, 0.1) is 32.8 Å². The molecule has 0 aliphatic carbocycles. The van der Waals surface area contributed by atoms with Crippen molar-refractivity contribution in [1.82, 2.24) is 0 Å². The lowest BCUT2D eigenvalue weighted by Gasteiger charge is -2.18. The fourth-order valence-electron chi connectivity index (χ4n) is 2.49. The second-order valence-corrected chi connectivity index (χ2v) is 7.24. The number of rotatable bonds is 7. The monoisotopic (exact) mass is 352 g/mol. The van der Waals surface area contributed by atoms with E-state index in [9.17, 15) is 8.42 Å². The molecule has 2 aromatic carbocycles. The van der Waals surface area contributed by atoms with Crippen molar-refractivity contribution in [2.75, 3.05) is 27.9 Å². The first kappa shape index (κ1) is 18.1. The van der Waals surface area contributed by atoms with Crippen LogP contribution in [0.3, 0.4) is 0 Å². The predicted octanol–water partition coefficient (Wildman–Crippen LogP) is 1.47. The van der Waals surface area contributed by atoms with Gasteiger partial charge in [0.1, 0.15) is 22.5 Å². The van der Waals surface area contributed by atoms with Crippen LogP contribution in [0.4, 0.5) is 0 Å². The van der Waals surface area contributed by atoms with Crippen molar-refractivity contribution < 1.29 is 28.4 Å². The fourth-order valence-corrected chi connectivity index (χ4v) is 4.18. The van der Waals surface area contributed by atoms with Gasteiger partial charge in [0.25, 0.3) is 0 Å². The second kappa shape index (κ2) is 7.55. The average molecular weight is 352 g/mol. The molecule has 130 valence electrons. The van der Waals surface area contributed by atoms with Crippen LogP contribution in [0.1, 0.15) is 10.8 Å². The zero-order chi connectivity index (χ0) is 17.7. The van der Waals surface area contributed by atoms with Gasteiger partial charge in [-0.05, 0) is 30.3 Å². The lowest BCUT2D eigenvalue weighted by atomic mass is 10.1. The standard InChI is InChI=1S/C17H21NO5S/c1-21-12-4-7-14(8-5-12)24(19,20)17(11-18)15-9-6-13(22-2)10-16(15)23-3/h4-10,17H,11,18H2,1-3H3/p+1/t17-/m0/s1. The third-order valence-corrected chi connectivity index (χ3v) is 5.98. The van der Waals surface area contributed by atoms with E-state index in [1.165, 1.54) is 26.4 Å². The van der Waals surface area contributed by atoms with Gasteiger partial charge >= 0.3 is 0 Å². The minimum atomic E-state index is -3.62. The van der Waals surface area contributed by atoms with Crippen molar-refractivity contribution >= 4 is 9.84 Å². The molecule has 0 aliphatic rings. The summed E-state index contributed by atoms with van der Waals surface area (Å²) in [5, 5.41) is -0.813. The van der Waals surface area contributed by atoms with Gasteiger partial charge in [-0.25, -0.2) is 8.42 Å². The van der Waals surface area contributed by atoms with Crippen molar-refractivity contribution in [3.8, 4) is 17.2 Å². The maximum atomic E-state index is 13.0. The van der Waals surface area contributed by atoms with Gasteiger partial charge in [-0.2, -0.15) is 0 Å². The molecule has 3 N–H and O–H groups in total. The van der Waals surface area contributed by atoms with Crippen LogP contribution >= 0.6 is 0 Å². The molecule has 0 radical (unpaired) electrons. The lowest BCUT2D eigenvalue weighted by molar-refractivity contribution is -0.367. The quantitative estimate of drug-likeness (QED) is 0.815. The largest absolute Gasteiger partial charge is 0.497 e. The molecule has 7 heteroatoms. The van der Waals surface area contributed by atoms with Gasteiger partial charge in [-0.15, -0.1) is 0 Å². The highest BCUT2D eigenvalue weighted by Gasteiger charge is 2.32. The molecule has 0 aromatic heterocycles. The topological polar surface area (TPSA) is 89.5 Å². The van der Waals surface area contributed by atoms with E-state index in [0.29, 0.717) is 22.8 Å². The predicted molar refractivity (Wildman–Crippen MR) is 90.2 cm³/mol. The summed E-state index contributed by atoms with van der Waals surface area (Å²) in [5.74, 6) is 1.66. The summed E-state index contributed by atoms with van der Waals surface area (Å²) in [4.78, 5) is 0.217. The minimum absolute atomic E-state index is 0.178. The number of ether oxygens (including phenoxy) is 3. The Morgan fingerprint density at radius 1 is 0.917 bits per heavy atom. The van der Waals surface area contributed by atoms with Crippen LogP contribution in [0.2, 0.25) is 0 Å². The number of methoxy groups -OCH3 is 3. The molecule has 0 unspecified atom stereocenters. The SMILES string of the molecule is COc1ccc(S(=O)(=O)[C@@H](C[NH3+])c2ccc(OC)cc2OC)cc1. The third kappa shape index (κ3) is 3.47. The van der Waals surface area contributed by atoms with Crippen molar-refractivity contribution in [1.29, 1.82) is 0 Å². The zero-order valence-corrected chi connectivity index (χ0v) is 14.8. The molecule has 0 saturated heterocycles. The Morgan fingerprint density at radius 2 is 1.50 bits per heavy atom. The summed E-state index contributed by atoms with van der Waals surface area (Å²) < 4.78 is 41.6. The summed E-state index contributed by atoms with van der Waals surface area (Å²) in [5.41, 5.74) is 4.37. The van der Waals surface area contributed by atoms with Crippen LogP contribution in [0.15, 0.2) is 47.4 Å². The van der Waals surface area contributed by atoms with Crippen molar-refractivity contribution in [3.63, 3.8) is 0 Å². The van der Waals surface area contributed by atoms with E-state index < -0.39 is 15.1 Å². The van der Waals surface area contributed by atoms with Gasteiger partial charge in [-0.1, -0.05) is 6.07 Å². The van der Waals surface area contributed by atoms with E-state index >= 15 is 0 Å². The first-order chi connectivity index (χ1) is 11.5. The highest BCUT2D eigenvalue weighted by Crippen LogP contribution is 2.36. The molecule has 0 saturated carbocycles. The van der Waals surface area contributed by atoms with Crippen LogP contribution in [0.5, 0.6) is 17.2 Å². The van der Waals surface area contributed by atoms with E-state index in [2.05, 4.69) is 5.73 Å². The van der Waals surface area contributed by atoms with E-state index in [1.807, 2.05) is 0 Å². The Hall–Kier alpha value is -2.25. The van der Waals surface area contributed by atoms with Crippen molar-refractivity contribution in [2.45, 2.75) is 10.1 Å². The first-order valence-electron chi connectivity index (χ1n) is 7.37. The van der Waals surface area contributed by atoms with Crippen LogP contribution in [0, 0.1) is 0 Å². The van der Waals surface area contributed by atoms with E-state index in [-0.39, 0.29) is 11.4 Å². The Bertz CT molecular complexity index is 787. The summed E-state index contributed by atoms with van der Waals surface area (Å²) >= 11 is 0. The van der Waals surface area contributed by atoms with Crippen LogP contribution in [-0.4, -0.2) is 36.3 Å². The number of benzene rings is 2. The highest BCUT2D eigenvalue weighted by molar-refractivity contribution is 7.91. The molecule has 0 aliphatic heterocycles. The molecule has 0 heterocycles. The number of hydrogen-bond acceptors (Lipinski definition) is 5. The fraction of sp³-hybridized carbons (Fsp3) is 0.294. The lowest BCUT2D eigenvalue weighted by Crippen LogP contribution is -2.54. The molecular weight excluding hydrogens is 330 g/mol. The number of quaternary nitrogens is 1. The number of sulfone groups is 1. The first-order valence-corrected chi connectivity index (χ1v) is 8.91. The Balaban J connectivity index is 2.49. The maximum Gasteiger partial charge on any atom is 0.191 e. The smallest absolute Gasteiger partial charge is 0.191 e. The van der Waals surface area contributed by atoms with Gasteiger partial charge in [0, 0.05) is 11.6 Å². The molecule has 0 amide bonds. The minimum Gasteiger partial charge on any atom is -0.497 e. The molecule has 0 spiro atoms. The van der Waals surface area contributed by atoms with Crippen LogP contribution in [-0.2, 0) is 9.84 Å². The molecule has 2 aromatic rings. The Labute approximate surface area is 142 Å². The molecule has 1 atom stereocenters. The molecule has 0 fully saturated rings. The number of hydrogen-bond donors (Lipinski definition) is 1. The Morgan fingerprint density at radius 3 is 2.00 bits per heavy atom. The highest BCUT2D eigenvalue weighted by atomic mass is 32.2. The Kier molecular flexibility index (Phi) is 5.69. The summed E-state index contributed by atoms with van der Waals surface area (Å²) in [6.45, 7) is 0.178. The average Bonchev–Trinajstić information content (AvgIpc) is 2.62. The molecule has 24 heavy (non-hydrogen) atoms. The maximum absolute atomic E-state index is 13.0. The third-order valence-electron chi connectivity index (χ3n) is 3.81. The van der Waals surface area contributed by atoms with Crippen LogP contribution in [0.25, 0.3) is 0 Å². The van der Waals surface area contributed by atoms with Crippen LogP contribution < -0.4 is 19.9 Å². The van der Waals surface area contributed by atoms with Gasteiger partial charge in [0.15, 0.2) is 9.84 Å². The summed E-state index contributed by atoms with van der Waals surface area (Å²) in [6.07, 6.45) is 0. The normalized spacial score (nSPS) is 12.5. The summed E-state index contributed by atoms with van der Waals surface area (Å²) in [7, 11) is 0.954. The molecule has 6 nitrogen and oxygen atoms in total. The molecule has 2 rings (SSSR count). The van der Waals surface area contributed by atoms with E-state index in [1.54, 1.807) is 37.4 Å². The van der Waals surface area contributed by atoms with E-state index in [0.717, 1.165) is 0 Å². The van der Waals surface area contributed by atoms with E-state index in [4.69, 9.17) is 14.2 Å². The molecule has 0 bridgehead atoms. The van der Waals surface area contributed by atoms with Gasteiger partial charge < -0.3 is 19.9 Å². The molecular formula is C17H22NO5S+. The van der Waals surface area contributed by atoms with Crippen molar-refractivity contribution in [2.24, 2.45) is 0 Å². The van der Waals surface area contributed by atoms with Crippen molar-refractivity contribution in [3.05, 3.63) is 48.0 Å². The van der Waals surface area contributed by atoms with Gasteiger partial charge in [0.2, 0.25) is 0 Å². The zero-order valence-electron chi connectivity index (χ0n) is 14.0. The summed E-state index contributed by atoms with van der Waals surface area (Å²) in [6, 6.07) is 11.4.